The van der Waals surface area contributed by atoms with Crippen molar-refractivity contribution < 1.29 is 14.3 Å². The van der Waals surface area contributed by atoms with Crippen molar-refractivity contribution in [2.45, 2.75) is 20.3 Å². The molecule has 0 bridgehead atoms. The van der Waals surface area contributed by atoms with E-state index in [2.05, 4.69) is 10.3 Å². The van der Waals surface area contributed by atoms with Crippen LogP contribution in [0.1, 0.15) is 18.9 Å². The molecule has 0 aliphatic rings. The number of hydrogen-bond donors (Lipinski definition) is 1. The first-order valence-electron chi connectivity index (χ1n) is 9.06. The van der Waals surface area contributed by atoms with Gasteiger partial charge in [0, 0.05) is 31.5 Å². The number of rotatable bonds is 6. The molecule has 0 unspecified atom stereocenters. The number of nitrogens with zero attached hydrogens (tertiary/aromatic N) is 2. The number of hydrogen-bond acceptors (Lipinski definition) is 4. The SMILES string of the molecule is COc1ccc(C)cc1N(CCC(=O)Nc1cccc2cccnc12)C(C)=O. The van der Waals surface area contributed by atoms with Crippen molar-refractivity contribution in [3.05, 3.63) is 60.3 Å². The molecule has 0 aliphatic heterocycles. The Balaban J connectivity index is 1.75. The Morgan fingerprint density at radius 1 is 1.14 bits per heavy atom. The van der Waals surface area contributed by atoms with E-state index in [4.69, 9.17) is 4.74 Å². The van der Waals surface area contributed by atoms with Crippen LogP contribution in [0, 0.1) is 6.92 Å². The van der Waals surface area contributed by atoms with Gasteiger partial charge in [0.2, 0.25) is 11.8 Å². The number of para-hydroxylation sites is 1. The smallest absolute Gasteiger partial charge is 0.226 e. The average molecular weight is 377 g/mol. The van der Waals surface area contributed by atoms with E-state index in [-0.39, 0.29) is 24.8 Å². The van der Waals surface area contributed by atoms with Crippen molar-refractivity contribution in [1.29, 1.82) is 0 Å². The van der Waals surface area contributed by atoms with Crippen LogP contribution in [0.25, 0.3) is 10.9 Å². The van der Waals surface area contributed by atoms with Gasteiger partial charge in [0.15, 0.2) is 0 Å². The highest BCUT2D eigenvalue weighted by Gasteiger charge is 2.18. The lowest BCUT2D eigenvalue weighted by Crippen LogP contribution is -2.32. The number of methoxy groups -OCH3 is 1. The molecule has 28 heavy (non-hydrogen) atoms. The molecule has 0 saturated carbocycles. The molecule has 0 aliphatic carbocycles. The minimum absolute atomic E-state index is 0.150. The highest BCUT2D eigenvalue weighted by molar-refractivity contribution is 6.01. The van der Waals surface area contributed by atoms with E-state index in [9.17, 15) is 9.59 Å². The Bertz CT molecular complexity index is 1010. The molecule has 3 rings (SSSR count). The topological polar surface area (TPSA) is 71.5 Å². The quantitative estimate of drug-likeness (QED) is 0.706. The molecule has 1 N–H and O–H groups in total. The second kappa shape index (κ2) is 8.52. The van der Waals surface area contributed by atoms with Crippen molar-refractivity contribution in [1.82, 2.24) is 4.98 Å². The van der Waals surface area contributed by atoms with Gasteiger partial charge in [0.1, 0.15) is 5.75 Å². The van der Waals surface area contributed by atoms with Crippen LogP contribution in [-0.2, 0) is 9.59 Å². The van der Waals surface area contributed by atoms with Crippen LogP contribution in [0.4, 0.5) is 11.4 Å². The van der Waals surface area contributed by atoms with Crippen LogP contribution < -0.4 is 15.0 Å². The Hall–Kier alpha value is -3.41. The highest BCUT2D eigenvalue weighted by Crippen LogP contribution is 2.29. The van der Waals surface area contributed by atoms with E-state index in [1.165, 1.54) is 6.92 Å². The van der Waals surface area contributed by atoms with Gasteiger partial charge in [-0.3, -0.25) is 14.6 Å². The van der Waals surface area contributed by atoms with E-state index < -0.39 is 0 Å². The maximum Gasteiger partial charge on any atom is 0.226 e. The molecule has 0 atom stereocenters. The fourth-order valence-corrected chi connectivity index (χ4v) is 3.09. The monoisotopic (exact) mass is 377 g/mol. The maximum absolute atomic E-state index is 12.5. The van der Waals surface area contributed by atoms with Gasteiger partial charge in [-0.2, -0.15) is 0 Å². The summed E-state index contributed by atoms with van der Waals surface area (Å²) in [7, 11) is 1.56. The van der Waals surface area contributed by atoms with Crippen LogP contribution in [0.2, 0.25) is 0 Å². The predicted molar refractivity (Wildman–Crippen MR) is 111 cm³/mol. The first kappa shape index (κ1) is 19.4. The highest BCUT2D eigenvalue weighted by atomic mass is 16.5. The van der Waals surface area contributed by atoms with Crippen LogP contribution in [0.15, 0.2) is 54.7 Å². The standard InChI is InChI=1S/C22H23N3O3/c1-15-9-10-20(28-3)19(14-15)25(16(2)26)13-11-21(27)24-18-8-4-6-17-7-5-12-23-22(17)18/h4-10,12,14H,11,13H2,1-3H3,(H,24,27). The minimum atomic E-state index is -0.184. The second-order valence-corrected chi connectivity index (χ2v) is 6.52. The van der Waals surface area contributed by atoms with Gasteiger partial charge in [-0.05, 0) is 36.8 Å². The molecule has 0 fully saturated rings. The van der Waals surface area contributed by atoms with E-state index >= 15 is 0 Å². The molecule has 0 saturated heterocycles. The minimum Gasteiger partial charge on any atom is -0.495 e. The van der Waals surface area contributed by atoms with Crippen LogP contribution >= 0.6 is 0 Å². The molecule has 2 aromatic carbocycles. The summed E-state index contributed by atoms with van der Waals surface area (Å²) >= 11 is 0. The number of nitrogens with one attached hydrogen (secondary N) is 1. The summed E-state index contributed by atoms with van der Waals surface area (Å²) in [6.07, 6.45) is 1.85. The number of amides is 2. The number of pyridine rings is 1. The normalized spacial score (nSPS) is 10.5. The summed E-state index contributed by atoms with van der Waals surface area (Å²) in [4.78, 5) is 30.6. The van der Waals surface area contributed by atoms with Gasteiger partial charge in [-0.25, -0.2) is 0 Å². The molecular formula is C22H23N3O3. The van der Waals surface area contributed by atoms with Gasteiger partial charge in [0.05, 0.1) is 24.0 Å². The summed E-state index contributed by atoms with van der Waals surface area (Å²) in [5.74, 6) is 0.263. The first-order valence-corrected chi connectivity index (χ1v) is 9.06. The summed E-state index contributed by atoms with van der Waals surface area (Å²) in [6.45, 7) is 3.68. The molecule has 1 aromatic heterocycles. The van der Waals surface area contributed by atoms with E-state index in [0.29, 0.717) is 17.1 Å². The number of aryl methyl sites for hydroxylation is 1. The Labute approximate surface area is 164 Å². The number of anilines is 2. The molecule has 0 radical (unpaired) electrons. The Morgan fingerprint density at radius 3 is 2.68 bits per heavy atom. The fraction of sp³-hybridized carbons (Fsp3) is 0.227. The van der Waals surface area contributed by atoms with E-state index in [0.717, 1.165) is 16.5 Å². The molecule has 6 nitrogen and oxygen atoms in total. The molecule has 144 valence electrons. The Morgan fingerprint density at radius 2 is 1.93 bits per heavy atom. The third kappa shape index (κ3) is 4.28. The molecule has 3 aromatic rings. The van der Waals surface area contributed by atoms with Gasteiger partial charge in [-0.15, -0.1) is 0 Å². The van der Waals surface area contributed by atoms with Crippen molar-refractivity contribution in [2.75, 3.05) is 23.9 Å². The zero-order valence-corrected chi connectivity index (χ0v) is 16.2. The second-order valence-electron chi connectivity index (χ2n) is 6.52. The third-order valence-corrected chi connectivity index (χ3v) is 4.47. The predicted octanol–water partition coefficient (Wildman–Crippen LogP) is 3.93. The maximum atomic E-state index is 12.5. The number of benzene rings is 2. The van der Waals surface area contributed by atoms with Crippen molar-refractivity contribution in [2.24, 2.45) is 0 Å². The zero-order chi connectivity index (χ0) is 20.1. The first-order chi connectivity index (χ1) is 13.5. The fourth-order valence-electron chi connectivity index (χ4n) is 3.09. The van der Waals surface area contributed by atoms with Crippen LogP contribution in [0.3, 0.4) is 0 Å². The largest absolute Gasteiger partial charge is 0.495 e. The number of carbonyl (C=O) groups is 2. The molecule has 1 heterocycles. The van der Waals surface area contributed by atoms with Crippen molar-refractivity contribution >= 4 is 34.1 Å². The van der Waals surface area contributed by atoms with Gasteiger partial charge < -0.3 is 15.0 Å². The van der Waals surface area contributed by atoms with Gasteiger partial charge >= 0.3 is 0 Å². The summed E-state index contributed by atoms with van der Waals surface area (Å²) < 4.78 is 5.38. The zero-order valence-electron chi connectivity index (χ0n) is 16.2. The lowest BCUT2D eigenvalue weighted by Gasteiger charge is -2.23. The van der Waals surface area contributed by atoms with Crippen LogP contribution in [0.5, 0.6) is 5.75 Å². The average Bonchev–Trinajstić information content (AvgIpc) is 2.68. The molecule has 6 heteroatoms. The molecule has 0 spiro atoms. The summed E-state index contributed by atoms with van der Waals surface area (Å²) in [5.41, 5.74) is 3.07. The van der Waals surface area contributed by atoms with Crippen molar-refractivity contribution in [3.63, 3.8) is 0 Å². The van der Waals surface area contributed by atoms with E-state index in [1.54, 1.807) is 18.2 Å². The lowest BCUT2D eigenvalue weighted by molar-refractivity contribution is -0.117. The van der Waals surface area contributed by atoms with Crippen molar-refractivity contribution in [3.8, 4) is 5.75 Å². The number of aromatic nitrogens is 1. The summed E-state index contributed by atoms with van der Waals surface area (Å²) in [6, 6.07) is 15.1. The Kier molecular flexibility index (Phi) is 5.89. The molecular weight excluding hydrogens is 354 g/mol. The van der Waals surface area contributed by atoms with Gasteiger partial charge in [-0.1, -0.05) is 24.3 Å². The lowest BCUT2D eigenvalue weighted by atomic mass is 10.1. The number of ether oxygens (including phenoxy) is 1. The third-order valence-electron chi connectivity index (χ3n) is 4.47. The number of carbonyl (C=O) groups excluding carboxylic acids is 2. The van der Waals surface area contributed by atoms with Crippen LogP contribution in [-0.4, -0.2) is 30.5 Å². The number of fused-ring (bicyclic) bond motifs is 1. The molecule has 2 amide bonds. The van der Waals surface area contributed by atoms with Gasteiger partial charge in [0.25, 0.3) is 0 Å². The summed E-state index contributed by atoms with van der Waals surface area (Å²) in [5, 5.41) is 3.85. The van der Waals surface area contributed by atoms with E-state index in [1.807, 2.05) is 55.5 Å².